The molecule has 0 aromatic carbocycles. The number of rotatable bonds is 4. The summed E-state index contributed by atoms with van der Waals surface area (Å²) < 4.78 is 7.49. The van der Waals surface area contributed by atoms with Crippen LogP contribution in [-0.2, 0) is 13.6 Å². The van der Waals surface area contributed by atoms with Crippen LogP contribution in [0.4, 0.5) is 0 Å². The molecule has 86 valence electrons. The predicted molar refractivity (Wildman–Crippen MR) is 62.9 cm³/mol. The highest BCUT2D eigenvalue weighted by Crippen LogP contribution is 2.21. The van der Waals surface area contributed by atoms with Crippen molar-refractivity contribution in [2.24, 2.45) is 7.05 Å². The first-order chi connectivity index (χ1) is 7.65. The highest BCUT2D eigenvalue weighted by atomic mass is 16.3. The van der Waals surface area contributed by atoms with Gasteiger partial charge < -0.3 is 9.73 Å². The van der Waals surface area contributed by atoms with Gasteiger partial charge in [0.2, 0.25) is 0 Å². The maximum atomic E-state index is 5.72. The number of nitrogens with zero attached hydrogens (tertiary/aromatic N) is 2. The van der Waals surface area contributed by atoms with E-state index in [1.165, 1.54) is 0 Å². The molecule has 4 nitrogen and oxygen atoms in total. The molecule has 0 atom stereocenters. The molecule has 0 fully saturated rings. The summed E-state index contributed by atoms with van der Waals surface area (Å²) in [6.07, 6.45) is 3.75. The van der Waals surface area contributed by atoms with E-state index < -0.39 is 0 Å². The maximum Gasteiger partial charge on any atom is 0.137 e. The highest BCUT2D eigenvalue weighted by molar-refractivity contribution is 5.55. The lowest BCUT2D eigenvalue weighted by molar-refractivity contribution is 0.473. The van der Waals surface area contributed by atoms with Crippen LogP contribution < -0.4 is 5.32 Å². The second-order valence-corrected chi connectivity index (χ2v) is 4.20. The number of furan rings is 1. The Morgan fingerprint density at radius 3 is 2.88 bits per heavy atom. The Morgan fingerprint density at radius 1 is 1.44 bits per heavy atom. The standard InChI is InChI=1S/C12H17N3O/c1-9(2)13-7-11-4-5-12(16-11)10-6-14-15(3)8-10/h4-6,8-9,13H,7H2,1-3H3. The Bertz CT molecular complexity index is 456. The number of aromatic nitrogens is 2. The van der Waals surface area contributed by atoms with E-state index in [1.807, 2.05) is 25.4 Å². The van der Waals surface area contributed by atoms with Crippen molar-refractivity contribution in [3.8, 4) is 11.3 Å². The second kappa shape index (κ2) is 4.53. The molecule has 0 aliphatic carbocycles. The lowest BCUT2D eigenvalue weighted by atomic mass is 10.3. The number of aryl methyl sites for hydroxylation is 1. The van der Waals surface area contributed by atoms with Crippen LogP contribution in [0, 0.1) is 0 Å². The third-order valence-corrected chi connectivity index (χ3v) is 2.34. The first-order valence-electron chi connectivity index (χ1n) is 5.46. The van der Waals surface area contributed by atoms with Crippen LogP contribution in [0.15, 0.2) is 28.9 Å². The van der Waals surface area contributed by atoms with Gasteiger partial charge in [-0.25, -0.2) is 0 Å². The van der Waals surface area contributed by atoms with Gasteiger partial charge in [0.25, 0.3) is 0 Å². The Kier molecular flexibility index (Phi) is 3.10. The van der Waals surface area contributed by atoms with E-state index in [-0.39, 0.29) is 0 Å². The van der Waals surface area contributed by atoms with Crippen molar-refractivity contribution in [3.63, 3.8) is 0 Å². The van der Waals surface area contributed by atoms with Crippen molar-refractivity contribution in [2.75, 3.05) is 0 Å². The molecule has 2 aromatic heterocycles. The fourth-order valence-corrected chi connectivity index (χ4v) is 1.48. The summed E-state index contributed by atoms with van der Waals surface area (Å²) in [6, 6.07) is 4.44. The fraction of sp³-hybridized carbons (Fsp3) is 0.417. The second-order valence-electron chi connectivity index (χ2n) is 4.20. The van der Waals surface area contributed by atoms with Crippen LogP contribution in [0.3, 0.4) is 0 Å². The molecule has 2 aromatic rings. The molecular weight excluding hydrogens is 202 g/mol. The van der Waals surface area contributed by atoms with Crippen LogP contribution in [0.1, 0.15) is 19.6 Å². The van der Waals surface area contributed by atoms with Gasteiger partial charge in [0.15, 0.2) is 0 Å². The average molecular weight is 219 g/mol. The molecule has 0 spiro atoms. The molecule has 0 bridgehead atoms. The first-order valence-corrected chi connectivity index (χ1v) is 5.46. The molecule has 1 N–H and O–H groups in total. The van der Waals surface area contributed by atoms with Gasteiger partial charge in [-0.3, -0.25) is 4.68 Å². The molecule has 0 saturated carbocycles. The lowest BCUT2D eigenvalue weighted by Gasteiger charge is -2.04. The quantitative estimate of drug-likeness (QED) is 0.857. The molecule has 0 aliphatic heterocycles. The van der Waals surface area contributed by atoms with Gasteiger partial charge in [-0.05, 0) is 12.1 Å². The van der Waals surface area contributed by atoms with Crippen molar-refractivity contribution in [2.45, 2.75) is 26.4 Å². The summed E-state index contributed by atoms with van der Waals surface area (Å²) in [5.74, 6) is 1.82. The maximum absolute atomic E-state index is 5.72. The summed E-state index contributed by atoms with van der Waals surface area (Å²) in [6.45, 7) is 4.99. The zero-order chi connectivity index (χ0) is 11.5. The van der Waals surface area contributed by atoms with Crippen molar-refractivity contribution < 1.29 is 4.42 Å². The van der Waals surface area contributed by atoms with Crippen molar-refractivity contribution in [1.82, 2.24) is 15.1 Å². The molecule has 0 aliphatic rings. The van der Waals surface area contributed by atoms with Gasteiger partial charge in [0.05, 0.1) is 18.3 Å². The van der Waals surface area contributed by atoms with Gasteiger partial charge >= 0.3 is 0 Å². The smallest absolute Gasteiger partial charge is 0.137 e. The minimum absolute atomic E-state index is 0.465. The Hall–Kier alpha value is -1.55. The molecular formula is C12H17N3O. The minimum Gasteiger partial charge on any atom is -0.460 e. The Labute approximate surface area is 95.3 Å². The van der Waals surface area contributed by atoms with Crippen LogP contribution >= 0.6 is 0 Å². The molecule has 2 rings (SSSR count). The normalized spacial score (nSPS) is 11.2. The van der Waals surface area contributed by atoms with E-state index in [4.69, 9.17) is 4.42 Å². The van der Waals surface area contributed by atoms with Crippen LogP contribution in [0.25, 0.3) is 11.3 Å². The molecule has 4 heteroatoms. The van der Waals surface area contributed by atoms with E-state index in [0.717, 1.165) is 23.6 Å². The molecule has 0 saturated heterocycles. The Balaban J connectivity index is 2.07. The average Bonchev–Trinajstić information content (AvgIpc) is 2.83. The summed E-state index contributed by atoms with van der Waals surface area (Å²) in [4.78, 5) is 0. The topological polar surface area (TPSA) is 43.0 Å². The minimum atomic E-state index is 0.465. The number of nitrogens with one attached hydrogen (secondary N) is 1. The zero-order valence-corrected chi connectivity index (χ0v) is 9.90. The van der Waals surface area contributed by atoms with Gasteiger partial charge in [-0.1, -0.05) is 13.8 Å². The Morgan fingerprint density at radius 2 is 2.25 bits per heavy atom. The van der Waals surface area contributed by atoms with Crippen molar-refractivity contribution in [3.05, 3.63) is 30.3 Å². The third-order valence-electron chi connectivity index (χ3n) is 2.34. The molecule has 2 heterocycles. The van der Waals surface area contributed by atoms with Gasteiger partial charge in [-0.2, -0.15) is 5.10 Å². The summed E-state index contributed by atoms with van der Waals surface area (Å²) in [5.41, 5.74) is 1.01. The fourth-order valence-electron chi connectivity index (χ4n) is 1.48. The van der Waals surface area contributed by atoms with E-state index in [0.29, 0.717) is 6.04 Å². The molecule has 16 heavy (non-hydrogen) atoms. The van der Waals surface area contributed by atoms with Gasteiger partial charge in [0.1, 0.15) is 11.5 Å². The first kappa shape index (κ1) is 11.0. The van der Waals surface area contributed by atoms with Crippen molar-refractivity contribution in [1.29, 1.82) is 0 Å². The zero-order valence-electron chi connectivity index (χ0n) is 9.90. The van der Waals surface area contributed by atoms with Crippen LogP contribution in [0.2, 0.25) is 0 Å². The van der Waals surface area contributed by atoms with Crippen LogP contribution in [-0.4, -0.2) is 15.8 Å². The SMILES string of the molecule is CC(C)NCc1ccc(-c2cnn(C)c2)o1. The van der Waals surface area contributed by atoms with Gasteiger partial charge in [0, 0.05) is 19.3 Å². The number of hydrogen-bond acceptors (Lipinski definition) is 3. The largest absolute Gasteiger partial charge is 0.460 e. The predicted octanol–water partition coefficient (Wildman–Crippen LogP) is 2.18. The number of hydrogen-bond donors (Lipinski definition) is 1. The lowest BCUT2D eigenvalue weighted by Crippen LogP contribution is -2.21. The molecule has 0 unspecified atom stereocenters. The summed E-state index contributed by atoms with van der Waals surface area (Å²) in [7, 11) is 1.90. The van der Waals surface area contributed by atoms with E-state index in [9.17, 15) is 0 Å². The molecule has 0 radical (unpaired) electrons. The monoisotopic (exact) mass is 219 g/mol. The van der Waals surface area contributed by atoms with Crippen LogP contribution in [0.5, 0.6) is 0 Å². The van der Waals surface area contributed by atoms with Gasteiger partial charge in [-0.15, -0.1) is 0 Å². The summed E-state index contributed by atoms with van der Waals surface area (Å²) >= 11 is 0. The summed E-state index contributed by atoms with van der Waals surface area (Å²) in [5, 5.41) is 7.43. The highest BCUT2D eigenvalue weighted by Gasteiger charge is 2.06. The van der Waals surface area contributed by atoms with E-state index in [2.05, 4.69) is 24.3 Å². The third kappa shape index (κ3) is 2.52. The van der Waals surface area contributed by atoms with E-state index in [1.54, 1.807) is 10.9 Å². The van der Waals surface area contributed by atoms with Crippen molar-refractivity contribution >= 4 is 0 Å². The van der Waals surface area contributed by atoms with E-state index >= 15 is 0 Å². The molecule has 0 amide bonds.